The Bertz CT molecular complexity index is 904. The second-order valence-electron chi connectivity index (χ2n) is 5.34. The molecule has 3 rings (SSSR count). The van der Waals surface area contributed by atoms with E-state index in [2.05, 4.69) is 42.5 Å². The number of aryl methyl sites for hydroxylation is 3. The first-order valence-corrected chi connectivity index (χ1v) is 8.16. The van der Waals surface area contributed by atoms with Gasteiger partial charge in [-0.05, 0) is 50.1 Å². The molecular weight excluding hydrogens is 292 g/mol. The first-order chi connectivity index (χ1) is 10.6. The zero-order chi connectivity index (χ0) is 15.7. The molecule has 0 atom stereocenters. The zero-order valence-electron chi connectivity index (χ0n) is 13.0. The van der Waals surface area contributed by atoms with Gasteiger partial charge in [0.1, 0.15) is 0 Å². The predicted octanol–water partition coefficient (Wildman–Crippen LogP) is 4.08. The predicted molar refractivity (Wildman–Crippen MR) is 91.3 cm³/mol. The Hall–Kier alpha value is -2.20. The van der Waals surface area contributed by atoms with Crippen molar-refractivity contribution in [3.63, 3.8) is 0 Å². The quantitative estimate of drug-likeness (QED) is 0.702. The van der Waals surface area contributed by atoms with Crippen LogP contribution in [0.3, 0.4) is 0 Å². The van der Waals surface area contributed by atoms with E-state index in [1.54, 1.807) is 23.5 Å². The summed E-state index contributed by atoms with van der Waals surface area (Å²) in [5, 5.41) is 0. The number of amides is 1. The Balaban J connectivity index is 2.21. The van der Waals surface area contributed by atoms with Crippen molar-refractivity contribution in [3.05, 3.63) is 64.0 Å². The van der Waals surface area contributed by atoms with Crippen LogP contribution in [0.2, 0.25) is 0 Å². The molecule has 1 heterocycles. The van der Waals surface area contributed by atoms with Crippen molar-refractivity contribution in [1.29, 1.82) is 0 Å². The Morgan fingerprint density at radius 1 is 1.18 bits per heavy atom. The van der Waals surface area contributed by atoms with Gasteiger partial charge in [0.2, 0.25) is 0 Å². The molecule has 0 saturated heterocycles. The largest absolute Gasteiger partial charge is 0.317 e. The van der Waals surface area contributed by atoms with Crippen LogP contribution in [0, 0.1) is 13.8 Å². The van der Waals surface area contributed by atoms with Crippen LogP contribution in [-0.2, 0) is 6.54 Å². The monoisotopic (exact) mass is 310 g/mol. The van der Waals surface area contributed by atoms with Gasteiger partial charge in [-0.3, -0.25) is 4.79 Å². The summed E-state index contributed by atoms with van der Waals surface area (Å²) in [4.78, 5) is 17.5. The number of carbonyl (C=O) groups excluding carboxylic acids is 1. The number of nitrogens with zero attached hydrogens (tertiary/aromatic N) is 2. The molecule has 0 radical (unpaired) electrons. The summed E-state index contributed by atoms with van der Waals surface area (Å²) in [5.74, 6) is -0.191. The molecule has 0 N–H and O–H groups in total. The summed E-state index contributed by atoms with van der Waals surface area (Å²) in [6.45, 7) is 7.07. The van der Waals surface area contributed by atoms with Gasteiger partial charge in [0.15, 0.2) is 4.80 Å². The molecule has 1 amide bonds. The van der Waals surface area contributed by atoms with Crippen molar-refractivity contribution < 1.29 is 4.79 Å². The molecule has 3 nitrogen and oxygen atoms in total. The molecule has 2 aromatic carbocycles. The number of aromatic nitrogens is 1. The van der Waals surface area contributed by atoms with Crippen molar-refractivity contribution in [2.45, 2.75) is 27.3 Å². The molecular formula is C18H18N2OS. The van der Waals surface area contributed by atoms with E-state index in [1.165, 1.54) is 15.8 Å². The molecule has 0 aliphatic heterocycles. The van der Waals surface area contributed by atoms with E-state index < -0.39 is 0 Å². The maximum atomic E-state index is 12.3. The average Bonchev–Trinajstić information content (AvgIpc) is 2.85. The fraction of sp³-hybridized carbons (Fsp3) is 0.222. The van der Waals surface area contributed by atoms with Crippen molar-refractivity contribution in [2.75, 3.05) is 0 Å². The van der Waals surface area contributed by atoms with E-state index >= 15 is 0 Å². The molecule has 22 heavy (non-hydrogen) atoms. The molecule has 3 aromatic rings. The van der Waals surface area contributed by atoms with Crippen LogP contribution in [0.1, 0.15) is 28.4 Å². The van der Waals surface area contributed by atoms with Crippen molar-refractivity contribution in [1.82, 2.24) is 4.57 Å². The molecule has 0 fully saturated rings. The number of hydrogen-bond acceptors (Lipinski definition) is 2. The highest BCUT2D eigenvalue weighted by atomic mass is 32.1. The fourth-order valence-electron chi connectivity index (χ4n) is 2.64. The molecule has 0 aliphatic rings. The Morgan fingerprint density at radius 2 is 1.91 bits per heavy atom. The number of carbonyl (C=O) groups is 1. The number of rotatable bonds is 2. The molecule has 0 unspecified atom stereocenters. The highest BCUT2D eigenvalue weighted by molar-refractivity contribution is 7.16. The van der Waals surface area contributed by atoms with Gasteiger partial charge in [0.05, 0.1) is 10.2 Å². The minimum atomic E-state index is -0.191. The van der Waals surface area contributed by atoms with Gasteiger partial charge < -0.3 is 4.57 Å². The minimum Gasteiger partial charge on any atom is -0.317 e. The lowest BCUT2D eigenvalue weighted by molar-refractivity contribution is 0.0998. The van der Waals surface area contributed by atoms with Gasteiger partial charge >= 0.3 is 0 Å². The number of thiazole rings is 1. The minimum absolute atomic E-state index is 0.191. The Kier molecular flexibility index (Phi) is 3.94. The number of fused-ring (bicyclic) bond motifs is 1. The first kappa shape index (κ1) is 14.7. The van der Waals surface area contributed by atoms with Gasteiger partial charge in [0.25, 0.3) is 5.91 Å². The van der Waals surface area contributed by atoms with Crippen LogP contribution < -0.4 is 4.80 Å². The number of hydrogen-bond donors (Lipinski definition) is 0. The van der Waals surface area contributed by atoms with Crippen LogP contribution in [-0.4, -0.2) is 10.5 Å². The summed E-state index contributed by atoms with van der Waals surface area (Å²) in [5.41, 5.74) is 4.24. The van der Waals surface area contributed by atoms with E-state index in [4.69, 9.17) is 0 Å². The van der Waals surface area contributed by atoms with Gasteiger partial charge in [-0.15, -0.1) is 0 Å². The normalized spacial score (nSPS) is 12.0. The summed E-state index contributed by atoms with van der Waals surface area (Å²) in [7, 11) is 0. The van der Waals surface area contributed by atoms with E-state index in [9.17, 15) is 4.79 Å². The summed E-state index contributed by atoms with van der Waals surface area (Å²) < 4.78 is 3.31. The molecule has 0 spiro atoms. The maximum absolute atomic E-state index is 12.3. The summed E-state index contributed by atoms with van der Waals surface area (Å²) in [6, 6.07) is 13.5. The van der Waals surface area contributed by atoms with Gasteiger partial charge in [-0.2, -0.15) is 4.99 Å². The van der Waals surface area contributed by atoms with Gasteiger partial charge in [-0.25, -0.2) is 0 Å². The van der Waals surface area contributed by atoms with Gasteiger partial charge in [0, 0.05) is 12.1 Å². The fourth-order valence-corrected chi connectivity index (χ4v) is 3.78. The highest BCUT2D eigenvalue weighted by Crippen LogP contribution is 2.23. The molecule has 112 valence electrons. The number of benzene rings is 2. The van der Waals surface area contributed by atoms with Crippen LogP contribution in [0.25, 0.3) is 10.2 Å². The van der Waals surface area contributed by atoms with E-state index in [0.717, 1.165) is 16.9 Å². The van der Waals surface area contributed by atoms with Crippen molar-refractivity contribution in [3.8, 4) is 0 Å². The molecule has 0 bridgehead atoms. The van der Waals surface area contributed by atoms with E-state index in [1.807, 2.05) is 18.2 Å². The lowest BCUT2D eigenvalue weighted by Crippen LogP contribution is -2.15. The molecule has 1 aromatic heterocycles. The maximum Gasteiger partial charge on any atom is 0.279 e. The molecule has 0 saturated carbocycles. The smallest absolute Gasteiger partial charge is 0.279 e. The van der Waals surface area contributed by atoms with Gasteiger partial charge in [-0.1, -0.05) is 35.6 Å². The Morgan fingerprint density at radius 3 is 2.59 bits per heavy atom. The molecule has 4 heteroatoms. The topological polar surface area (TPSA) is 34.4 Å². The third-order valence-corrected chi connectivity index (χ3v) is 4.88. The zero-order valence-corrected chi connectivity index (χ0v) is 13.8. The lowest BCUT2D eigenvalue weighted by atomic mass is 10.1. The first-order valence-electron chi connectivity index (χ1n) is 7.35. The lowest BCUT2D eigenvalue weighted by Gasteiger charge is -2.03. The van der Waals surface area contributed by atoms with Crippen molar-refractivity contribution >= 4 is 27.5 Å². The van der Waals surface area contributed by atoms with Crippen molar-refractivity contribution in [2.24, 2.45) is 4.99 Å². The molecule has 0 aliphatic carbocycles. The average molecular weight is 310 g/mol. The second-order valence-corrected chi connectivity index (χ2v) is 6.32. The van der Waals surface area contributed by atoms with Crippen LogP contribution >= 0.6 is 11.3 Å². The summed E-state index contributed by atoms with van der Waals surface area (Å²) >= 11 is 1.58. The van der Waals surface area contributed by atoms with E-state index in [-0.39, 0.29) is 5.91 Å². The van der Waals surface area contributed by atoms with E-state index in [0.29, 0.717) is 5.56 Å². The SMILES string of the molecule is CCn1c(=NC(=O)c2ccccc2)sc2c(C)cc(C)cc21. The highest BCUT2D eigenvalue weighted by Gasteiger charge is 2.10. The van der Waals surface area contributed by atoms with Crippen LogP contribution in [0.4, 0.5) is 0 Å². The third kappa shape index (κ3) is 2.62. The standard InChI is InChI=1S/C18H18N2OS/c1-4-20-15-11-12(2)10-13(3)16(15)22-18(20)19-17(21)14-8-6-5-7-9-14/h5-11H,4H2,1-3H3. The summed E-state index contributed by atoms with van der Waals surface area (Å²) in [6.07, 6.45) is 0. The van der Waals surface area contributed by atoms with Crippen LogP contribution in [0.15, 0.2) is 47.5 Å². The Labute approximate surface area is 133 Å². The van der Waals surface area contributed by atoms with Crippen LogP contribution in [0.5, 0.6) is 0 Å². The third-order valence-electron chi connectivity index (χ3n) is 3.65. The second kappa shape index (κ2) is 5.89.